The van der Waals surface area contributed by atoms with E-state index in [-0.39, 0.29) is 17.9 Å². The van der Waals surface area contributed by atoms with Crippen molar-refractivity contribution in [3.05, 3.63) is 29.8 Å². The summed E-state index contributed by atoms with van der Waals surface area (Å²) in [5.41, 5.74) is 7.63. The Morgan fingerprint density at radius 2 is 2.18 bits per heavy atom. The molecule has 1 fully saturated rings. The normalized spacial score (nSPS) is 21.2. The SMILES string of the molecule is CC(N)c1ccc(NC(=O)C2CCOC2)cc1. The summed E-state index contributed by atoms with van der Waals surface area (Å²) in [6, 6.07) is 7.65. The van der Waals surface area contributed by atoms with Gasteiger partial charge in [-0.1, -0.05) is 12.1 Å². The first kappa shape index (κ1) is 12.1. The molecule has 17 heavy (non-hydrogen) atoms. The van der Waals surface area contributed by atoms with Crippen molar-refractivity contribution in [2.75, 3.05) is 18.5 Å². The van der Waals surface area contributed by atoms with E-state index in [1.54, 1.807) is 0 Å². The Balaban J connectivity index is 1.96. The molecule has 1 aromatic carbocycles. The number of nitrogens with one attached hydrogen (secondary N) is 1. The molecule has 1 amide bonds. The molecule has 0 bridgehead atoms. The van der Waals surface area contributed by atoms with Crippen molar-refractivity contribution in [2.45, 2.75) is 19.4 Å². The zero-order valence-electron chi connectivity index (χ0n) is 9.98. The van der Waals surface area contributed by atoms with Crippen LogP contribution in [0.4, 0.5) is 5.69 Å². The molecule has 1 aliphatic heterocycles. The average molecular weight is 234 g/mol. The minimum Gasteiger partial charge on any atom is -0.381 e. The second-order valence-electron chi connectivity index (χ2n) is 4.46. The van der Waals surface area contributed by atoms with Gasteiger partial charge in [-0.05, 0) is 31.0 Å². The average Bonchev–Trinajstić information content (AvgIpc) is 2.83. The molecular weight excluding hydrogens is 216 g/mol. The fraction of sp³-hybridized carbons (Fsp3) is 0.462. The van der Waals surface area contributed by atoms with Gasteiger partial charge in [-0.3, -0.25) is 4.79 Å². The van der Waals surface area contributed by atoms with Gasteiger partial charge in [-0.15, -0.1) is 0 Å². The van der Waals surface area contributed by atoms with E-state index in [9.17, 15) is 4.79 Å². The van der Waals surface area contributed by atoms with Gasteiger partial charge in [-0.25, -0.2) is 0 Å². The second-order valence-corrected chi connectivity index (χ2v) is 4.46. The molecule has 92 valence electrons. The first-order chi connectivity index (χ1) is 8.16. The summed E-state index contributed by atoms with van der Waals surface area (Å²) in [7, 11) is 0. The summed E-state index contributed by atoms with van der Waals surface area (Å²) in [4.78, 5) is 11.8. The highest BCUT2D eigenvalue weighted by Crippen LogP contribution is 2.17. The number of benzene rings is 1. The summed E-state index contributed by atoms with van der Waals surface area (Å²) < 4.78 is 5.19. The molecule has 2 unspecified atom stereocenters. The largest absolute Gasteiger partial charge is 0.381 e. The third-order valence-corrected chi connectivity index (χ3v) is 3.00. The Kier molecular flexibility index (Phi) is 3.76. The highest BCUT2D eigenvalue weighted by Gasteiger charge is 2.23. The first-order valence-electron chi connectivity index (χ1n) is 5.91. The lowest BCUT2D eigenvalue weighted by Gasteiger charge is -2.10. The molecule has 4 nitrogen and oxygen atoms in total. The predicted molar refractivity (Wildman–Crippen MR) is 66.6 cm³/mol. The van der Waals surface area contributed by atoms with E-state index in [0.717, 1.165) is 17.7 Å². The number of rotatable bonds is 3. The van der Waals surface area contributed by atoms with Crippen LogP contribution in [-0.2, 0) is 9.53 Å². The molecule has 0 saturated carbocycles. The third kappa shape index (κ3) is 3.05. The molecule has 2 rings (SSSR count). The molecular formula is C13H18N2O2. The fourth-order valence-electron chi connectivity index (χ4n) is 1.86. The molecule has 0 aromatic heterocycles. The van der Waals surface area contributed by atoms with Gasteiger partial charge >= 0.3 is 0 Å². The van der Waals surface area contributed by atoms with Crippen LogP contribution >= 0.6 is 0 Å². The molecule has 1 aliphatic rings. The Labute approximate surface area is 101 Å². The molecule has 0 aliphatic carbocycles. The van der Waals surface area contributed by atoms with Crippen LogP contribution in [0, 0.1) is 5.92 Å². The maximum absolute atomic E-state index is 11.8. The van der Waals surface area contributed by atoms with Crippen LogP contribution < -0.4 is 11.1 Å². The minimum absolute atomic E-state index is 0.0110. The van der Waals surface area contributed by atoms with Crippen molar-refractivity contribution in [1.29, 1.82) is 0 Å². The number of hydrogen-bond donors (Lipinski definition) is 2. The number of carbonyl (C=O) groups is 1. The molecule has 3 N–H and O–H groups in total. The number of ether oxygens (including phenoxy) is 1. The van der Waals surface area contributed by atoms with Crippen molar-refractivity contribution in [2.24, 2.45) is 11.7 Å². The highest BCUT2D eigenvalue weighted by atomic mass is 16.5. The van der Waals surface area contributed by atoms with Gasteiger partial charge < -0.3 is 15.8 Å². The molecule has 0 radical (unpaired) electrons. The van der Waals surface area contributed by atoms with Gasteiger partial charge in [0.2, 0.25) is 5.91 Å². The van der Waals surface area contributed by atoms with Crippen LogP contribution in [0.25, 0.3) is 0 Å². The molecule has 1 aromatic rings. The number of amides is 1. The Hall–Kier alpha value is -1.39. The third-order valence-electron chi connectivity index (χ3n) is 3.00. The van der Waals surface area contributed by atoms with Crippen LogP contribution in [0.3, 0.4) is 0 Å². The summed E-state index contributed by atoms with van der Waals surface area (Å²) in [5.74, 6) is 0.0270. The molecule has 2 atom stereocenters. The quantitative estimate of drug-likeness (QED) is 0.836. The van der Waals surface area contributed by atoms with Gasteiger partial charge in [-0.2, -0.15) is 0 Å². The van der Waals surface area contributed by atoms with Crippen molar-refractivity contribution in [1.82, 2.24) is 0 Å². The van der Waals surface area contributed by atoms with Gasteiger partial charge in [0.05, 0.1) is 12.5 Å². The van der Waals surface area contributed by atoms with Gasteiger partial charge in [0.15, 0.2) is 0 Å². The Morgan fingerprint density at radius 3 is 2.71 bits per heavy atom. The number of carbonyl (C=O) groups excluding carboxylic acids is 1. The summed E-state index contributed by atoms with van der Waals surface area (Å²) in [6.45, 7) is 3.15. The van der Waals surface area contributed by atoms with Crippen LogP contribution in [0.5, 0.6) is 0 Å². The van der Waals surface area contributed by atoms with E-state index < -0.39 is 0 Å². The van der Waals surface area contributed by atoms with E-state index in [1.165, 1.54) is 0 Å². The lowest BCUT2D eigenvalue weighted by atomic mass is 10.1. The monoisotopic (exact) mass is 234 g/mol. The maximum Gasteiger partial charge on any atom is 0.229 e. The second kappa shape index (κ2) is 5.29. The van der Waals surface area contributed by atoms with Crippen molar-refractivity contribution in [3.63, 3.8) is 0 Å². The Bertz CT molecular complexity index is 381. The zero-order valence-corrected chi connectivity index (χ0v) is 9.98. The highest BCUT2D eigenvalue weighted by molar-refractivity contribution is 5.92. The maximum atomic E-state index is 11.8. The van der Waals surface area contributed by atoms with Crippen LogP contribution in [0.1, 0.15) is 24.9 Å². The first-order valence-corrected chi connectivity index (χ1v) is 5.91. The number of hydrogen-bond acceptors (Lipinski definition) is 3. The number of anilines is 1. The topological polar surface area (TPSA) is 64.3 Å². The van der Waals surface area contributed by atoms with E-state index in [0.29, 0.717) is 13.2 Å². The fourth-order valence-corrected chi connectivity index (χ4v) is 1.86. The van der Waals surface area contributed by atoms with Crippen LogP contribution in [-0.4, -0.2) is 19.1 Å². The molecule has 1 heterocycles. The van der Waals surface area contributed by atoms with Gasteiger partial charge in [0, 0.05) is 18.3 Å². The predicted octanol–water partition coefficient (Wildman–Crippen LogP) is 1.68. The smallest absolute Gasteiger partial charge is 0.229 e. The van der Waals surface area contributed by atoms with Crippen molar-refractivity contribution >= 4 is 11.6 Å². The van der Waals surface area contributed by atoms with Crippen LogP contribution in [0.15, 0.2) is 24.3 Å². The lowest BCUT2D eigenvalue weighted by molar-refractivity contribution is -0.119. The number of nitrogens with two attached hydrogens (primary N) is 1. The van der Waals surface area contributed by atoms with Gasteiger partial charge in [0.1, 0.15) is 0 Å². The standard InChI is InChI=1S/C13H18N2O2/c1-9(14)10-2-4-12(5-3-10)15-13(16)11-6-7-17-8-11/h2-5,9,11H,6-8,14H2,1H3,(H,15,16). The van der Waals surface area contributed by atoms with Crippen molar-refractivity contribution in [3.8, 4) is 0 Å². The summed E-state index contributed by atoms with van der Waals surface area (Å²) in [6.07, 6.45) is 0.809. The zero-order chi connectivity index (χ0) is 12.3. The van der Waals surface area contributed by atoms with E-state index in [2.05, 4.69) is 5.32 Å². The Morgan fingerprint density at radius 1 is 1.47 bits per heavy atom. The van der Waals surface area contributed by atoms with Crippen LogP contribution in [0.2, 0.25) is 0 Å². The van der Waals surface area contributed by atoms with E-state index in [4.69, 9.17) is 10.5 Å². The summed E-state index contributed by atoms with van der Waals surface area (Å²) in [5, 5.41) is 2.89. The minimum atomic E-state index is -0.0110. The summed E-state index contributed by atoms with van der Waals surface area (Å²) >= 11 is 0. The van der Waals surface area contributed by atoms with Crippen molar-refractivity contribution < 1.29 is 9.53 Å². The molecule has 0 spiro atoms. The lowest BCUT2D eigenvalue weighted by Crippen LogP contribution is -2.22. The van der Waals surface area contributed by atoms with E-state index >= 15 is 0 Å². The molecule has 4 heteroatoms. The van der Waals surface area contributed by atoms with Gasteiger partial charge in [0.25, 0.3) is 0 Å². The van der Waals surface area contributed by atoms with E-state index in [1.807, 2.05) is 31.2 Å². The molecule has 1 saturated heterocycles.